The summed E-state index contributed by atoms with van der Waals surface area (Å²) in [4.78, 5) is 4.18. The molecular weight excluding hydrogens is 232 g/mol. The van der Waals surface area contributed by atoms with Crippen molar-refractivity contribution in [3.05, 3.63) is 51.5 Å². The van der Waals surface area contributed by atoms with Gasteiger partial charge < -0.3 is 5.11 Å². The number of benzene rings is 1. The molecule has 0 saturated heterocycles. The summed E-state index contributed by atoms with van der Waals surface area (Å²) in [6, 6.07) is 2.49. The van der Waals surface area contributed by atoms with E-state index < -0.39 is 17.7 Å². The predicted octanol–water partition coefficient (Wildman–Crippen LogP) is 2.81. The minimum Gasteiger partial charge on any atom is -0.383 e. The maximum Gasteiger partial charge on any atom is 0.135 e. The first-order valence-corrected chi connectivity index (χ1v) is 5.50. The smallest absolute Gasteiger partial charge is 0.135 e. The number of aromatic nitrogens is 1. The Morgan fingerprint density at radius 1 is 1.38 bits per heavy atom. The predicted molar refractivity (Wildman–Crippen MR) is 57.3 cm³/mol. The molecule has 2 aromatic rings. The van der Waals surface area contributed by atoms with Gasteiger partial charge in [-0.15, -0.1) is 11.3 Å². The number of hydrogen-bond donors (Lipinski definition) is 1. The van der Waals surface area contributed by atoms with Gasteiger partial charge in [0.25, 0.3) is 0 Å². The first-order chi connectivity index (χ1) is 7.61. The van der Waals surface area contributed by atoms with E-state index in [1.54, 1.807) is 0 Å². The molecule has 0 saturated carbocycles. The highest BCUT2D eigenvalue weighted by molar-refractivity contribution is 7.09. The van der Waals surface area contributed by atoms with Gasteiger partial charge in [0.05, 0.1) is 16.0 Å². The lowest BCUT2D eigenvalue weighted by molar-refractivity contribution is 0.212. The van der Waals surface area contributed by atoms with Crippen LogP contribution in [0.5, 0.6) is 0 Å². The zero-order valence-electron chi connectivity index (χ0n) is 8.45. The second-order valence-electron chi connectivity index (χ2n) is 3.40. The lowest BCUT2D eigenvalue weighted by Crippen LogP contribution is -2.05. The van der Waals surface area contributed by atoms with Crippen LogP contribution in [0.25, 0.3) is 0 Å². The molecule has 16 heavy (non-hydrogen) atoms. The molecule has 0 bridgehead atoms. The van der Waals surface area contributed by atoms with Crippen LogP contribution >= 0.6 is 11.3 Å². The number of rotatable bonds is 2. The van der Waals surface area contributed by atoms with Crippen molar-refractivity contribution in [2.24, 2.45) is 0 Å². The number of hydrogen-bond acceptors (Lipinski definition) is 3. The van der Waals surface area contributed by atoms with Gasteiger partial charge in [0.2, 0.25) is 0 Å². The number of halogens is 2. The maximum atomic E-state index is 13.7. The van der Waals surface area contributed by atoms with E-state index in [1.165, 1.54) is 24.7 Å². The highest BCUT2D eigenvalue weighted by Gasteiger charge is 2.21. The molecule has 1 heterocycles. The van der Waals surface area contributed by atoms with Crippen LogP contribution in [-0.2, 0) is 0 Å². The number of aliphatic hydroxyl groups is 1. The molecule has 5 heteroatoms. The summed E-state index contributed by atoms with van der Waals surface area (Å²) in [5, 5.41) is 9.86. The van der Waals surface area contributed by atoms with Gasteiger partial charge >= 0.3 is 0 Å². The third kappa shape index (κ3) is 1.83. The van der Waals surface area contributed by atoms with E-state index in [9.17, 15) is 13.9 Å². The molecule has 0 radical (unpaired) electrons. The Hall–Kier alpha value is -1.33. The molecule has 0 fully saturated rings. The van der Waals surface area contributed by atoms with Crippen LogP contribution in [-0.4, -0.2) is 10.1 Å². The Labute approximate surface area is 95.2 Å². The third-order valence-corrected chi connectivity index (χ3v) is 3.14. The molecule has 1 aromatic heterocycles. The van der Waals surface area contributed by atoms with Crippen molar-refractivity contribution in [2.75, 3.05) is 0 Å². The second-order valence-corrected chi connectivity index (χ2v) is 4.32. The fourth-order valence-corrected chi connectivity index (χ4v) is 2.04. The summed E-state index contributed by atoms with van der Waals surface area (Å²) in [5.41, 5.74) is 1.49. The van der Waals surface area contributed by atoms with Crippen molar-refractivity contribution in [2.45, 2.75) is 13.0 Å². The molecule has 0 spiro atoms. The fourth-order valence-electron chi connectivity index (χ4n) is 1.43. The Bertz CT molecular complexity index is 499. The van der Waals surface area contributed by atoms with Gasteiger partial charge in [0, 0.05) is 6.20 Å². The Kier molecular flexibility index (Phi) is 2.98. The topological polar surface area (TPSA) is 33.1 Å². The minimum absolute atomic E-state index is 0.306. The molecule has 0 aliphatic heterocycles. The van der Waals surface area contributed by atoms with Gasteiger partial charge in [-0.05, 0) is 18.6 Å². The van der Waals surface area contributed by atoms with Crippen LogP contribution < -0.4 is 0 Å². The highest BCUT2D eigenvalue weighted by Crippen LogP contribution is 2.29. The molecule has 2 rings (SSSR count). The number of aryl methyl sites for hydroxylation is 1. The SMILES string of the molecule is Cc1ccc(F)c(C(O)c2cncs2)c1F. The summed E-state index contributed by atoms with van der Waals surface area (Å²) >= 11 is 1.15. The molecule has 1 N–H and O–H groups in total. The molecule has 0 aliphatic rings. The zero-order valence-corrected chi connectivity index (χ0v) is 9.26. The van der Waals surface area contributed by atoms with E-state index in [-0.39, 0.29) is 5.56 Å². The molecule has 1 aromatic carbocycles. The summed E-state index contributed by atoms with van der Waals surface area (Å²) in [7, 11) is 0. The highest BCUT2D eigenvalue weighted by atomic mass is 32.1. The molecule has 0 aliphatic carbocycles. The van der Waals surface area contributed by atoms with Crippen LogP contribution in [0.4, 0.5) is 8.78 Å². The van der Waals surface area contributed by atoms with E-state index in [2.05, 4.69) is 4.98 Å². The van der Waals surface area contributed by atoms with Gasteiger partial charge in [0.15, 0.2) is 0 Å². The maximum absolute atomic E-state index is 13.7. The summed E-state index contributed by atoms with van der Waals surface area (Å²) < 4.78 is 27.1. The monoisotopic (exact) mass is 241 g/mol. The summed E-state index contributed by atoms with van der Waals surface area (Å²) in [5.74, 6) is -1.45. The number of nitrogens with zero attached hydrogens (tertiary/aromatic N) is 1. The standard InChI is InChI=1S/C11H9F2NOS/c1-6-2-3-7(12)9(10(6)13)11(15)8-4-14-5-16-8/h2-5,11,15H,1H3. The normalized spacial score (nSPS) is 12.8. The van der Waals surface area contributed by atoms with E-state index in [0.29, 0.717) is 10.4 Å². The quantitative estimate of drug-likeness (QED) is 0.877. The van der Waals surface area contributed by atoms with Crippen LogP contribution in [0.15, 0.2) is 23.8 Å². The Morgan fingerprint density at radius 3 is 2.75 bits per heavy atom. The minimum atomic E-state index is -1.30. The van der Waals surface area contributed by atoms with E-state index in [0.717, 1.165) is 17.4 Å². The molecule has 1 unspecified atom stereocenters. The third-order valence-electron chi connectivity index (χ3n) is 2.31. The first-order valence-electron chi connectivity index (χ1n) is 4.62. The van der Waals surface area contributed by atoms with Crippen LogP contribution in [0.3, 0.4) is 0 Å². The fraction of sp³-hybridized carbons (Fsp3) is 0.182. The Morgan fingerprint density at radius 2 is 2.12 bits per heavy atom. The van der Waals surface area contributed by atoms with E-state index in [1.807, 2.05) is 0 Å². The number of thiazole rings is 1. The zero-order chi connectivity index (χ0) is 11.7. The van der Waals surface area contributed by atoms with E-state index >= 15 is 0 Å². The molecule has 84 valence electrons. The van der Waals surface area contributed by atoms with Crippen LogP contribution in [0.2, 0.25) is 0 Å². The largest absolute Gasteiger partial charge is 0.383 e. The molecular formula is C11H9F2NOS. The lowest BCUT2D eigenvalue weighted by atomic mass is 10.0. The van der Waals surface area contributed by atoms with Crippen molar-refractivity contribution in [3.63, 3.8) is 0 Å². The average molecular weight is 241 g/mol. The molecule has 1 atom stereocenters. The van der Waals surface area contributed by atoms with Crippen molar-refractivity contribution in [1.29, 1.82) is 0 Å². The van der Waals surface area contributed by atoms with E-state index in [4.69, 9.17) is 0 Å². The van der Waals surface area contributed by atoms with Crippen LogP contribution in [0, 0.1) is 18.6 Å². The Balaban J connectivity index is 2.52. The second kappa shape index (κ2) is 4.27. The van der Waals surface area contributed by atoms with Crippen molar-refractivity contribution >= 4 is 11.3 Å². The first kappa shape index (κ1) is 11.2. The van der Waals surface area contributed by atoms with Gasteiger partial charge in [-0.25, -0.2) is 8.78 Å². The lowest BCUT2D eigenvalue weighted by Gasteiger charge is -2.12. The van der Waals surface area contributed by atoms with Gasteiger partial charge in [-0.3, -0.25) is 4.98 Å². The molecule has 0 amide bonds. The number of aliphatic hydroxyl groups excluding tert-OH is 1. The van der Waals surface area contributed by atoms with Crippen molar-refractivity contribution in [1.82, 2.24) is 4.98 Å². The average Bonchev–Trinajstić information content (AvgIpc) is 2.77. The van der Waals surface area contributed by atoms with Crippen molar-refractivity contribution in [3.8, 4) is 0 Å². The van der Waals surface area contributed by atoms with Gasteiger partial charge in [-0.1, -0.05) is 6.07 Å². The summed E-state index contributed by atoms with van der Waals surface area (Å²) in [6.45, 7) is 1.53. The summed E-state index contributed by atoms with van der Waals surface area (Å²) in [6.07, 6.45) is 0.101. The van der Waals surface area contributed by atoms with Crippen LogP contribution in [0.1, 0.15) is 22.1 Å². The van der Waals surface area contributed by atoms with Crippen molar-refractivity contribution < 1.29 is 13.9 Å². The van der Waals surface area contributed by atoms with Gasteiger partial charge in [-0.2, -0.15) is 0 Å². The molecule has 2 nitrogen and oxygen atoms in total. The van der Waals surface area contributed by atoms with Gasteiger partial charge in [0.1, 0.15) is 17.7 Å².